The molecule has 2 N–H and O–H groups in total. The predicted octanol–water partition coefficient (Wildman–Crippen LogP) is 2.39. The lowest BCUT2D eigenvalue weighted by atomic mass is 10.1. The van der Waals surface area contributed by atoms with Gasteiger partial charge in [-0.05, 0) is 17.7 Å². The Morgan fingerprint density at radius 1 is 1.14 bits per heavy atom. The molecule has 0 bridgehead atoms. The van der Waals surface area contributed by atoms with Gasteiger partial charge in [-0.2, -0.15) is 0 Å². The molecule has 1 aliphatic heterocycles. The Morgan fingerprint density at radius 3 is 2.55 bits per heavy atom. The van der Waals surface area contributed by atoms with Gasteiger partial charge < -0.3 is 10.6 Å². The molecule has 1 atom stereocenters. The fourth-order valence-electron chi connectivity index (χ4n) is 2.58. The molecular formula is C17H16N2O2S. The number of carbonyl (C=O) groups excluding carboxylic acids is 2. The molecule has 0 aliphatic carbocycles. The number of thioether (sulfide) groups is 1. The Labute approximate surface area is 133 Å². The molecular weight excluding hydrogens is 296 g/mol. The first kappa shape index (κ1) is 14.7. The average molecular weight is 312 g/mol. The van der Waals surface area contributed by atoms with Crippen molar-refractivity contribution in [2.75, 3.05) is 18.0 Å². The number of benzene rings is 2. The van der Waals surface area contributed by atoms with E-state index in [9.17, 15) is 9.59 Å². The summed E-state index contributed by atoms with van der Waals surface area (Å²) in [5, 5.41) is -0.264. The predicted molar refractivity (Wildman–Crippen MR) is 87.9 cm³/mol. The summed E-state index contributed by atoms with van der Waals surface area (Å²) in [7, 11) is 0. The van der Waals surface area contributed by atoms with Crippen molar-refractivity contribution in [3.05, 3.63) is 60.2 Å². The largest absolute Gasteiger partial charge is 0.368 e. The molecule has 5 heteroatoms. The third kappa shape index (κ3) is 2.99. The van der Waals surface area contributed by atoms with Crippen molar-refractivity contribution in [1.29, 1.82) is 0 Å². The number of ketones is 1. The van der Waals surface area contributed by atoms with Crippen LogP contribution in [-0.4, -0.2) is 24.8 Å². The second-order valence-electron chi connectivity index (χ2n) is 5.16. The van der Waals surface area contributed by atoms with Gasteiger partial charge in [0.2, 0.25) is 5.91 Å². The van der Waals surface area contributed by atoms with Crippen LogP contribution in [0, 0.1) is 0 Å². The van der Waals surface area contributed by atoms with Crippen LogP contribution in [0.1, 0.15) is 10.8 Å². The van der Waals surface area contributed by atoms with Crippen molar-refractivity contribution < 1.29 is 9.59 Å². The molecule has 2 aromatic rings. The van der Waals surface area contributed by atoms with Gasteiger partial charge in [-0.3, -0.25) is 9.59 Å². The first-order valence-electron chi connectivity index (χ1n) is 7.02. The zero-order valence-electron chi connectivity index (χ0n) is 11.9. The highest BCUT2D eigenvalue weighted by atomic mass is 32.2. The molecule has 2 aromatic carbocycles. The molecule has 1 aliphatic rings. The van der Waals surface area contributed by atoms with E-state index in [4.69, 9.17) is 5.73 Å². The van der Waals surface area contributed by atoms with E-state index in [1.807, 2.05) is 54.6 Å². The summed E-state index contributed by atoms with van der Waals surface area (Å²) < 4.78 is 0. The maximum Gasteiger partial charge on any atom is 0.236 e. The van der Waals surface area contributed by atoms with E-state index < -0.39 is 5.91 Å². The molecule has 0 aromatic heterocycles. The highest BCUT2D eigenvalue weighted by molar-refractivity contribution is 8.00. The second-order valence-corrected chi connectivity index (χ2v) is 6.31. The summed E-state index contributed by atoms with van der Waals surface area (Å²) in [4.78, 5) is 26.7. The standard InChI is InChI=1S/C17H16N2O2S/c18-16(21)11-19-10-14(20)17(12-6-2-1-3-7-12)22-15-9-5-4-8-13(15)19/h1-9,17H,10-11H2,(H2,18,21). The van der Waals surface area contributed by atoms with Gasteiger partial charge in [0, 0.05) is 4.90 Å². The van der Waals surface area contributed by atoms with Crippen molar-refractivity contribution in [2.24, 2.45) is 5.73 Å². The van der Waals surface area contributed by atoms with Crippen molar-refractivity contribution in [3.63, 3.8) is 0 Å². The van der Waals surface area contributed by atoms with Gasteiger partial charge in [0.1, 0.15) is 0 Å². The number of nitrogens with zero attached hydrogens (tertiary/aromatic N) is 1. The molecule has 22 heavy (non-hydrogen) atoms. The van der Waals surface area contributed by atoms with E-state index in [2.05, 4.69) is 0 Å². The molecule has 1 amide bonds. The zero-order valence-corrected chi connectivity index (χ0v) is 12.8. The molecule has 0 spiro atoms. The van der Waals surface area contributed by atoms with Crippen LogP contribution in [0.5, 0.6) is 0 Å². The molecule has 1 heterocycles. The Morgan fingerprint density at radius 2 is 1.82 bits per heavy atom. The lowest BCUT2D eigenvalue weighted by Crippen LogP contribution is -2.37. The van der Waals surface area contributed by atoms with Gasteiger partial charge in [-0.1, -0.05) is 42.5 Å². The van der Waals surface area contributed by atoms with E-state index >= 15 is 0 Å². The summed E-state index contributed by atoms with van der Waals surface area (Å²) in [5.74, 6) is -0.362. The lowest BCUT2D eigenvalue weighted by molar-refractivity contribution is -0.117. The number of nitrogens with two attached hydrogens (primary N) is 1. The highest BCUT2D eigenvalue weighted by Gasteiger charge is 2.30. The number of hydrogen-bond donors (Lipinski definition) is 1. The Hall–Kier alpha value is -2.27. The molecule has 1 unspecified atom stereocenters. The zero-order chi connectivity index (χ0) is 15.5. The minimum atomic E-state index is -0.439. The van der Waals surface area contributed by atoms with Gasteiger partial charge in [0.15, 0.2) is 5.78 Å². The number of primary amides is 1. The molecule has 112 valence electrons. The normalized spacial score (nSPS) is 17.7. The molecule has 0 radical (unpaired) electrons. The number of rotatable bonds is 3. The van der Waals surface area contributed by atoms with E-state index in [-0.39, 0.29) is 24.1 Å². The maximum absolute atomic E-state index is 12.7. The second kappa shape index (κ2) is 6.23. The van der Waals surface area contributed by atoms with Gasteiger partial charge in [0.25, 0.3) is 0 Å². The third-order valence-electron chi connectivity index (χ3n) is 3.54. The Bertz CT molecular complexity index is 703. The molecule has 3 rings (SSSR count). The van der Waals surface area contributed by atoms with E-state index in [0.717, 1.165) is 16.1 Å². The third-order valence-corrected chi connectivity index (χ3v) is 4.91. The number of carbonyl (C=O) groups is 2. The number of hydrogen-bond acceptors (Lipinski definition) is 4. The van der Waals surface area contributed by atoms with Crippen LogP contribution in [0.3, 0.4) is 0 Å². The quantitative estimate of drug-likeness (QED) is 0.945. The van der Waals surface area contributed by atoms with Crippen molar-refractivity contribution in [1.82, 2.24) is 0 Å². The van der Waals surface area contributed by atoms with Gasteiger partial charge in [-0.25, -0.2) is 0 Å². The Balaban J connectivity index is 2.00. The summed E-state index contributed by atoms with van der Waals surface area (Å²) in [5.41, 5.74) is 7.19. The van der Waals surface area contributed by atoms with Crippen LogP contribution >= 0.6 is 11.8 Å². The van der Waals surface area contributed by atoms with Crippen LogP contribution in [0.4, 0.5) is 5.69 Å². The average Bonchev–Trinajstić information content (AvgIpc) is 2.65. The molecule has 0 fully saturated rings. The van der Waals surface area contributed by atoms with Gasteiger partial charge >= 0.3 is 0 Å². The highest BCUT2D eigenvalue weighted by Crippen LogP contribution is 2.43. The fourth-order valence-corrected chi connectivity index (χ4v) is 3.81. The van der Waals surface area contributed by atoms with Gasteiger partial charge in [0.05, 0.1) is 24.0 Å². The number of fused-ring (bicyclic) bond motifs is 1. The fraction of sp³-hybridized carbons (Fsp3) is 0.176. The topological polar surface area (TPSA) is 63.4 Å². The van der Waals surface area contributed by atoms with Crippen LogP contribution in [0.15, 0.2) is 59.5 Å². The number of Topliss-reactive ketones (excluding diaryl/α,β-unsaturated/α-hetero) is 1. The van der Waals surface area contributed by atoms with Crippen LogP contribution in [0.25, 0.3) is 0 Å². The summed E-state index contributed by atoms with van der Waals surface area (Å²) in [6.45, 7) is 0.233. The van der Waals surface area contributed by atoms with Crippen molar-refractivity contribution in [2.45, 2.75) is 10.1 Å². The van der Waals surface area contributed by atoms with E-state index in [0.29, 0.717) is 0 Å². The van der Waals surface area contributed by atoms with E-state index in [1.54, 1.807) is 4.90 Å². The monoisotopic (exact) mass is 312 g/mol. The smallest absolute Gasteiger partial charge is 0.236 e. The van der Waals surface area contributed by atoms with Crippen molar-refractivity contribution >= 4 is 29.1 Å². The summed E-state index contributed by atoms with van der Waals surface area (Å²) in [6.07, 6.45) is 0. The first-order valence-corrected chi connectivity index (χ1v) is 7.89. The SMILES string of the molecule is NC(=O)CN1CC(=O)C(c2ccccc2)Sc2ccccc21. The molecule has 4 nitrogen and oxygen atoms in total. The van der Waals surface area contributed by atoms with Crippen LogP contribution in [0.2, 0.25) is 0 Å². The Kier molecular flexibility index (Phi) is 4.15. The summed E-state index contributed by atoms with van der Waals surface area (Å²) >= 11 is 1.53. The van der Waals surface area contributed by atoms with E-state index in [1.165, 1.54) is 11.8 Å². The maximum atomic E-state index is 12.7. The van der Waals surface area contributed by atoms with Crippen LogP contribution < -0.4 is 10.6 Å². The minimum Gasteiger partial charge on any atom is -0.368 e. The van der Waals surface area contributed by atoms with Crippen molar-refractivity contribution in [3.8, 4) is 0 Å². The lowest BCUT2D eigenvalue weighted by Gasteiger charge is -2.21. The number of anilines is 1. The molecule has 0 saturated carbocycles. The number of para-hydroxylation sites is 1. The number of amides is 1. The summed E-state index contributed by atoms with van der Waals surface area (Å²) in [6, 6.07) is 17.5. The minimum absolute atomic E-state index is 0.0465. The van der Waals surface area contributed by atoms with Crippen LogP contribution in [-0.2, 0) is 9.59 Å². The molecule has 0 saturated heterocycles. The van der Waals surface area contributed by atoms with Gasteiger partial charge in [-0.15, -0.1) is 11.8 Å². The first-order chi connectivity index (χ1) is 10.6.